The highest BCUT2D eigenvalue weighted by atomic mass is 35.5. The molecule has 0 atom stereocenters. The number of alkyl halides is 3. The third-order valence-corrected chi connectivity index (χ3v) is 5.04. The zero-order valence-electron chi connectivity index (χ0n) is 16.9. The Hall–Kier alpha value is -2.48. The first-order chi connectivity index (χ1) is 14.1. The van der Waals surface area contributed by atoms with Gasteiger partial charge in [-0.25, -0.2) is 9.78 Å². The number of hydrogen-bond donors (Lipinski definition) is 1. The number of carbonyl (C=O) groups excluding carboxylic acids is 1. The molecule has 1 N–H and O–H groups in total. The van der Waals surface area contributed by atoms with Crippen LogP contribution >= 0.6 is 11.6 Å². The average Bonchev–Trinajstić information content (AvgIpc) is 2.67. The third-order valence-electron chi connectivity index (χ3n) is 4.77. The number of halogens is 4. The topological polar surface area (TPSA) is 54.5 Å². The predicted octanol–water partition coefficient (Wildman–Crippen LogP) is 6.35. The molecule has 3 rings (SSSR count). The molecule has 1 aliphatic heterocycles. The Morgan fingerprint density at radius 3 is 2.73 bits per heavy atom. The number of hydrogen-bond acceptors (Lipinski definition) is 4. The Labute approximate surface area is 178 Å². The number of fused-ring (bicyclic) bond motifs is 1. The van der Waals surface area contributed by atoms with E-state index in [1.807, 2.05) is 13.8 Å². The maximum Gasteiger partial charge on any atom is 0.416 e. The number of aryl methyl sites for hydroxylation is 1. The van der Waals surface area contributed by atoms with Crippen molar-refractivity contribution in [2.45, 2.75) is 39.8 Å². The lowest BCUT2D eigenvalue weighted by Gasteiger charge is -2.32. The van der Waals surface area contributed by atoms with E-state index in [2.05, 4.69) is 10.3 Å². The summed E-state index contributed by atoms with van der Waals surface area (Å²) < 4.78 is 45.3. The van der Waals surface area contributed by atoms with Crippen LogP contribution < -0.4 is 10.2 Å². The molecule has 0 unspecified atom stereocenters. The normalized spacial score (nSPS) is 13.9. The first kappa shape index (κ1) is 22.2. The molecule has 1 aliphatic rings. The fourth-order valence-electron chi connectivity index (χ4n) is 3.41. The van der Waals surface area contributed by atoms with Crippen molar-refractivity contribution < 1.29 is 22.7 Å². The number of nitrogens with zero attached hydrogens (tertiary/aromatic N) is 2. The number of anilines is 3. The van der Waals surface area contributed by atoms with Gasteiger partial charge in [0.05, 0.1) is 17.9 Å². The van der Waals surface area contributed by atoms with Crippen LogP contribution in [0.5, 0.6) is 0 Å². The molecule has 0 saturated heterocycles. The van der Waals surface area contributed by atoms with E-state index >= 15 is 0 Å². The minimum Gasteiger partial charge on any atom is -0.449 e. The van der Waals surface area contributed by atoms with Crippen molar-refractivity contribution in [3.63, 3.8) is 0 Å². The van der Waals surface area contributed by atoms with Gasteiger partial charge in [0.15, 0.2) is 5.15 Å². The maximum atomic E-state index is 13.4. The number of pyridine rings is 1. The van der Waals surface area contributed by atoms with Gasteiger partial charge in [0.25, 0.3) is 0 Å². The Morgan fingerprint density at radius 1 is 1.37 bits per heavy atom. The molecule has 0 spiro atoms. The van der Waals surface area contributed by atoms with Gasteiger partial charge in [-0.1, -0.05) is 31.5 Å². The van der Waals surface area contributed by atoms with E-state index in [9.17, 15) is 18.0 Å². The van der Waals surface area contributed by atoms with Crippen LogP contribution in [0.3, 0.4) is 0 Å². The molecule has 1 aromatic carbocycles. The number of ether oxygens (including phenoxy) is 1. The highest BCUT2D eigenvalue weighted by Crippen LogP contribution is 2.41. The summed E-state index contributed by atoms with van der Waals surface area (Å²) in [6, 6.07) is 5.85. The molecule has 1 aromatic heterocycles. The minimum atomic E-state index is -4.42. The number of amides is 1. The Kier molecular flexibility index (Phi) is 6.45. The van der Waals surface area contributed by atoms with Crippen LogP contribution in [-0.2, 0) is 17.3 Å². The number of carbonyl (C=O) groups is 1. The fraction of sp³-hybridized carbons (Fsp3) is 0.429. The Bertz CT molecular complexity index is 925. The van der Waals surface area contributed by atoms with Crippen molar-refractivity contribution in [1.82, 2.24) is 4.98 Å². The average molecular weight is 442 g/mol. The summed E-state index contributed by atoms with van der Waals surface area (Å²) in [5, 5.41) is 2.64. The van der Waals surface area contributed by atoms with Crippen molar-refractivity contribution in [2.24, 2.45) is 5.92 Å². The van der Waals surface area contributed by atoms with Crippen molar-refractivity contribution >= 4 is 34.9 Å². The summed E-state index contributed by atoms with van der Waals surface area (Å²) in [6.07, 6.45) is -4.16. The highest BCUT2D eigenvalue weighted by Gasteiger charge is 2.36. The van der Waals surface area contributed by atoms with E-state index < -0.39 is 17.8 Å². The van der Waals surface area contributed by atoms with Crippen molar-refractivity contribution in [2.75, 3.05) is 23.4 Å². The van der Waals surface area contributed by atoms with E-state index in [1.54, 1.807) is 24.0 Å². The summed E-state index contributed by atoms with van der Waals surface area (Å²) in [5.41, 5.74) is 1.04. The molecule has 162 valence electrons. The summed E-state index contributed by atoms with van der Waals surface area (Å²) in [5.74, 6) is 0.618. The van der Waals surface area contributed by atoms with E-state index in [0.717, 1.165) is 6.07 Å². The van der Waals surface area contributed by atoms with Gasteiger partial charge in [-0.15, -0.1) is 0 Å². The smallest absolute Gasteiger partial charge is 0.416 e. The van der Waals surface area contributed by atoms with E-state index in [-0.39, 0.29) is 23.2 Å². The number of benzene rings is 1. The second kappa shape index (κ2) is 8.71. The molecule has 2 aromatic rings. The zero-order valence-corrected chi connectivity index (χ0v) is 17.7. The molecule has 9 heteroatoms. The van der Waals surface area contributed by atoms with Crippen LogP contribution in [-0.4, -0.2) is 24.2 Å². The van der Waals surface area contributed by atoms with Crippen LogP contribution in [0.2, 0.25) is 5.15 Å². The van der Waals surface area contributed by atoms with E-state index in [0.29, 0.717) is 42.1 Å². The van der Waals surface area contributed by atoms with Crippen LogP contribution in [0.1, 0.15) is 37.0 Å². The van der Waals surface area contributed by atoms with Crippen molar-refractivity contribution in [1.29, 1.82) is 0 Å². The first-order valence-corrected chi connectivity index (χ1v) is 10.0. The summed E-state index contributed by atoms with van der Waals surface area (Å²) in [6.45, 7) is 6.36. The van der Waals surface area contributed by atoms with E-state index in [4.69, 9.17) is 16.3 Å². The van der Waals surface area contributed by atoms with Crippen LogP contribution in [0.25, 0.3) is 0 Å². The van der Waals surface area contributed by atoms with Gasteiger partial charge >= 0.3 is 12.3 Å². The van der Waals surface area contributed by atoms with Gasteiger partial charge in [0.2, 0.25) is 0 Å². The Balaban J connectivity index is 1.91. The first-order valence-electron chi connectivity index (χ1n) is 9.65. The van der Waals surface area contributed by atoms with Crippen LogP contribution in [0, 0.1) is 12.8 Å². The predicted molar refractivity (Wildman–Crippen MR) is 111 cm³/mol. The second-order valence-corrected chi connectivity index (χ2v) is 7.99. The Morgan fingerprint density at radius 2 is 2.10 bits per heavy atom. The largest absolute Gasteiger partial charge is 0.449 e. The summed E-state index contributed by atoms with van der Waals surface area (Å²) >= 11 is 6.30. The standard InChI is InChI=1S/C21H23ClF3N3O2/c1-12(2)11-30-20(29)27-18-13(3)10-17(26-19(18)22)28-9-5-6-14-15(21(23,24)25)7-4-8-16(14)28/h4,7-8,10,12H,5-6,9,11H2,1-3H3,(H,27,29). The summed E-state index contributed by atoms with van der Waals surface area (Å²) in [7, 11) is 0. The highest BCUT2D eigenvalue weighted by molar-refractivity contribution is 6.32. The minimum absolute atomic E-state index is 0.0468. The van der Waals surface area contributed by atoms with Crippen LogP contribution in [0.4, 0.5) is 35.2 Å². The molecule has 30 heavy (non-hydrogen) atoms. The molecule has 0 radical (unpaired) electrons. The molecule has 1 amide bonds. The molecule has 0 bridgehead atoms. The van der Waals surface area contributed by atoms with Gasteiger partial charge in [-0.2, -0.15) is 13.2 Å². The molecule has 0 fully saturated rings. The lowest BCUT2D eigenvalue weighted by Crippen LogP contribution is -2.27. The molecule has 2 heterocycles. The molecular formula is C21H23ClF3N3O2. The summed E-state index contributed by atoms with van der Waals surface area (Å²) in [4.78, 5) is 18.0. The fourth-order valence-corrected chi connectivity index (χ4v) is 3.70. The number of rotatable bonds is 4. The van der Waals surface area contributed by atoms with Crippen LogP contribution in [0.15, 0.2) is 24.3 Å². The lowest BCUT2D eigenvalue weighted by molar-refractivity contribution is -0.138. The van der Waals surface area contributed by atoms with E-state index in [1.165, 1.54) is 6.07 Å². The maximum absolute atomic E-state index is 13.4. The van der Waals surface area contributed by atoms with Gasteiger partial charge in [0.1, 0.15) is 5.82 Å². The van der Waals surface area contributed by atoms with Gasteiger partial charge in [-0.3, -0.25) is 5.32 Å². The van der Waals surface area contributed by atoms with Crippen molar-refractivity contribution in [3.8, 4) is 0 Å². The lowest BCUT2D eigenvalue weighted by atomic mass is 9.95. The molecule has 5 nitrogen and oxygen atoms in total. The molecule has 0 aliphatic carbocycles. The van der Waals surface area contributed by atoms with Gasteiger partial charge in [-0.05, 0) is 55.0 Å². The monoisotopic (exact) mass is 441 g/mol. The SMILES string of the molecule is Cc1cc(N2CCCc3c2cccc3C(F)(F)F)nc(Cl)c1NC(=O)OCC(C)C. The molecular weight excluding hydrogens is 419 g/mol. The third kappa shape index (κ3) is 4.80. The number of nitrogens with one attached hydrogen (secondary N) is 1. The second-order valence-electron chi connectivity index (χ2n) is 7.64. The van der Waals surface area contributed by atoms with Gasteiger partial charge in [0, 0.05) is 12.2 Å². The number of aromatic nitrogens is 1. The van der Waals surface area contributed by atoms with Crippen molar-refractivity contribution in [3.05, 3.63) is 46.1 Å². The quantitative estimate of drug-likeness (QED) is 0.561. The molecule has 0 saturated carbocycles. The van der Waals surface area contributed by atoms with Gasteiger partial charge < -0.3 is 9.64 Å². The zero-order chi connectivity index (χ0) is 22.1.